The second-order valence-electron chi connectivity index (χ2n) is 6.38. The minimum Gasteiger partial charge on any atom is -0.350 e. The van der Waals surface area contributed by atoms with Crippen LogP contribution in [0.3, 0.4) is 0 Å². The summed E-state index contributed by atoms with van der Waals surface area (Å²) in [6.45, 7) is 4.75. The van der Waals surface area contributed by atoms with Crippen LogP contribution in [-0.4, -0.2) is 47.0 Å². The van der Waals surface area contributed by atoms with Crippen LogP contribution in [0.5, 0.6) is 0 Å². The second kappa shape index (κ2) is 6.86. The van der Waals surface area contributed by atoms with Crippen LogP contribution in [0.25, 0.3) is 0 Å². The molecule has 2 fully saturated rings. The molecule has 2 heterocycles. The molecule has 126 valence electrons. The van der Waals surface area contributed by atoms with Gasteiger partial charge in [0.1, 0.15) is 6.54 Å². The molecule has 0 bridgehead atoms. The average molecular weight is 336 g/mol. The maximum atomic E-state index is 12.5. The maximum absolute atomic E-state index is 12.5. The quantitative estimate of drug-likeness (QED) is 0.883. The summed E-state index contributed by atoms with van der Waals surface area (Å²) in [5, 5.41) is 7.06. The first-order valence-electron chi connectivity index (χ1n) is 8.31. The van der Waals surface area contributed by atoms with Crippen LogP contribution in [0.4, 0.5) is 4.79 Å². The van der Waals surface area contributed by atoms with Crippen LogP contribution in [0.15, 0.2) is 0 Å². The SMILES string of the molecule is Cc1nc(C)c(CCNC(=O)N2CC(=O)N[C@H]3CCCC[C@@H]32)s1. The van der Waals surface area contributed by atoms with Gasteiger partial charge in [-0.25, -0.2) is 9.78 Å². The molecule has 0 aromatic carbocycles. The maximum Gasteiger partial charge on any atom is 0.318 e. The first-order chi connectivity index (χ1) is 11.0. The molecule has 1 aromatic heterocycles. The van der Waals surface area contributed by atoms with Crippen molar-refractivity contribution in [2.75, 3.05) is 13.1 Å². The zero-order valence-electron chi connectivity index (χ0n) is 13.7. The Labute approximate surface area is 140 Å². The Morgan fingerprint density at radius 3 is 2.91 bits per heavy atom. The molecule has 3 amide bonds. The van der Waals surface area contributed by atoms with Gasteiger partial charge in [0, 0.05) is 23.9 Å². The van der Waals surface area contributed by atoms with Crippen molar-refractivity contribution >= 4 is 23.3 Å². The number of nitrogens with zero attached hydrogens (tertiary/aromatic N) is 2. The standard InChI is InChI=1S/C16H24N4O2S/c1-10-14(23-11(2)18-10)7-8-17-16(22)20-9-15(21)19-12-5-3-4-6-13(12)20/h12-13H,3-9H2,1-2H3,(H,17,22)(H,19,21)/t12-,13-/m0/s1. The third-order valence-electron chi connectivity index (χ3n) is 4.68. The van der Waals surface area contributed by atoms with E-state index >= 15 is 0 Å². The van der Waals surface area contributed by atoms with Crippen molar-refractivity contribution in [2.45, 2.75) is 58.0 Å². The summed E-state index contributed by atoms with van der Waals surface area (Å²) in [4.78, 5) is 31.7. The van der Waals surface area contributed by atoms with Crippen LogP contribution in [-0.2, 0) is 11.2 Å². The number of amides is 3. The number of carbonyl (C=O) groups is 2. The Hall–Kier alpha value is -1.63. The summed E-state index contributed by atoms with van der Waals surface area (Å²) in [5.41, 5.74) is 1.05. The molecular weight excluding hydrogens is 312 g/mol. The fraction of sp³-hybridized carbons (Fsp3) is 0.688. The molecule has 6 nitrogen and oxygen atoms in total. The summed E-state index contributed by atoms with van der Waals surface area (Å²) in [6.07, 6.45) is 4.99. The Bertz CT molecular complexity index is 601. The number of hydrogen-bond acceptors (Lipinski definition) is 4. The van der Waals surface area contributed by atoms with E-state index in [1.807, 2.05) is 13.8 Å². The smallest absolute Gasteiger partial charge is 0.318 e. The molecule has 0 unspecified atom stereocenters. The van der Waals surface area contributed by atoms with E-state index in [1.165, 1.54) is 4.88 Å². The van der Waals surface area contributed by atoms with Gasteiger partial charge in [0.25, 0.3) is 0 Å². The molecule has 1 aliphatic carbocycles. The number of carbonyl (C=O) groups excluding carboxylic acids is 2. The minimum absolute atomic E-state index is 0.0442. The summed E-state index contributed by atoms with van der Waals surface area (Å²) in [7, 11) is 0. The molecular formula is C16H24N4O2S. The van der Waals surface area contributed by atoms with Crippen molar-refractivity contribution < 1.29 is 9.59 Å². The van der Waals surface area contributed by atoms with Crippen molar-refractivity contribution in [3.05, 3.63) is 15.6 Å². The van der Waals surface area contributed by atoms with Gasteiger partial charge < -0.3 is 15.5 Å². The van der Waals surface area contributed by atoms with Gasteiger partial charge in [0.05, 0.1) is 16.7 Å². The Kier molecular flexibility index (Phi) is 4.84. The number of aryl methyl sites for hydroxylation is 2. The van der Waals surface area contributed by atoms with E-state index in [2.05, 4.69) is 15.6 Å². The largest absolute Gasteiger partial charge is 0.350 e. The summed E-state index contributed by atoms with van der Waals surface area (Å²) in [6, 6.07) is 0.159. The van der Waals surface area contributed by atoms with Crippen LogP contribution in [0.2, 0.25) is 0 Å². The van der Waals surface area contributed by atoms with Crippen molar-refractivity contribution in [3.8, 4) is 0 Å². The first kappa shape index (κ1) is 16.2. The monoisotopic (exact) mass is 336 g/mol. The Balaban J connectivity index is 1.56. The molecule has 2 N–H and O–H groups in total. The number of thiazole rings is 1. The number of piperazine rings is 1. The van der Waals surface area contributed by atoms with Crippen molar-refractivity contribution in [1.29, 1.82) is 0 Å². The lowest BCUT2D eigenvalue weighted by Gasteiger charge is -2.43. The van der Waals surface area contributed by atoms with Gasteiger partial charge >= 0.3 is 6.03 Å². The van der Waals surface area contributed by atoms with E-state index in [0.29, 0.717) is 6.54 Å². The van der Waals surface area contributed by atoms with Gasteiger partial charge in [-0.3, -0.25) is 4.79 Å². The highest BCUT2D eigenvalue weighted by Crippen LogP contribution is 2.25. The highest BCUT2D eigenvalue weighted by atomic mass is 32.1. The minimum atomic E-state index is -0.115. The van der Waals surface area contributed by atoms with Gasteiger partial charge in [-0.05, 0) is 26.7 Å². The number of urea groups is 1. The van der Waals surface area contributed by atoms with E-state index in [9.17, 15) is 9.59 Å². The Morgan fingerprint density at radius 1 is 1.39 bits per heavy atom. The fourth-order valence-electron chi connectivity index (χ4n) is 3.59. The van der Waals surface area contributed by atoms with Gasteiger partial charge in [-0.15, -0.1) is 11.3 Å². The predicted molar refractivity (Wildman–Crippen MR) is 89.6 cm³/mol. The molecule has 1 aromatic rings. The van der Waals surface area contributed by atoms with E-state index in [0.717, 1.165) is 42.8 Å². The lowest BCUT2D eigenvalue weighted by Crippen LogP contribution is -2.64. The number of hydrogen-bond donors (Lipinski definition) is 2. The molecule has 23 heavy (non-hydrogen) atoms. The van der Waals surface area contributed by atoms with Crippen LogP contribution >= 0.6 is 11.3 Å². The lowest BCUT2D eigenvalue weighted by atomic mass is 9.87. The van der Waals surface area contributed by atoms with Crippen molar-refractivity contribution in [3.63, 3.8) is 0 Å². The zero-order chi connectivity index (χ0) is 16.4. The summed E-state index contributed by atoms with van der Waals surface area (Å²) >= 11 is 1.68. The van der Waals surface area contributed by atoms with Gasteiger partial charge in [-0.2, -0.15) is 0 Å². The highest BCUT2D eigenvalue weighted by molar-refractivity contribution is 7.11. The molecule has 2 atom stereocenters. The van der Waals surface area contributed by atoms with Gasteiger partial charge in [0.2, 0.25) is 5.91 Å². The summed E-state index contributed by atoms with van der Waals surface area (Å²) in [5.74, 6) is -0.0442. The van der Waals surface area contributed by atoms with E-state index in [4.69, 9.17) is 0 Å². The Morgan fingerprint density at radius 2 is 2.17 bits per heavy atom. The van der Waals surface area contributed by atoms with Crippen molar-refractivity contribution in [2.24, 2.45) is 0 Å². The number of aromatic nitrogens is 1. The topological polar surface area (TPSA) is 74.3 Å². The molecule has 3 rings (SSSR count). The predicted octanol–water partition coefficient (Wildman–Crippen LogP) is 1.76. The van der Waals surface area contributed by atoms with Crippen LogP contribution in [0.1, 0.15) is 41.3 Å². The van der Waals surface area contributed by atoms with E-state index in [1.54, 1.807) is 16.2 Å². The molecule has 1 aliphatic heterocycles. The van der Waals surface area contributed by atoms with Gasteiger partial charge in [0.15, 0.2) is 0 Å². The summed E-state index contributed by atoms with van der Waals surface area (Å²) < 4.78 is 0. The lowest BCUT2D eigenvalue weighted by molar-refractivity contribution is -0.126. The average Bonchev–Trinajstić information content (AvgIpc) is 2.84. The molecule has 7 heteroatoms. The van der Waals surface area contributed by atoms with Crippen LogP contribution in [0, 0.1) is 13.8 Å². The number of rotatable bonds is 3. The molecule has 2 aliphatic rings. The second-order valence-corrected chi connectivity index (χ2v) is 7.66. The fourth-order valence-corrected chi connectivity index (χ4v) is 4.53. The van der Waals surface area contributed by atoms with Crippen molar-refractivity contribution in [1.82, 2.24) is 20.5 Å². The van der Waals surface area contributed by atoms with Gasteiger partial charge in [-0.1, -0.05) is 12.8 Å². The number of fused-ring (bicyclic) bond motifs is 1. The third-order valence-corrected chi connectivity index (χ3v) is 5.81. The molecule has 1 saturated heterocycles. The van der Waals surface area contributed by atoms with E-state index in [-0.39, 0.29) is 30.6 Å². The van der Waals surface area contributed by atoms with Crippen LogP contribution < -0.4 is 10.6 Å². The van der Waals surface area contributed by atoms with E-state index < -0.39 is 0 Å². The molecule has 0 spiro atoms. The normalized spacial score (nSPS) is 24.1. The third kappa shape index (κ3) is 3.65. The zero-order valence-corrected chi connectivity index (χ0v) is 14.5. The number of nitrogens with one attached hydrogen (secondary N) is 2. The molecule has 0 radical (unpaired) electrons. The molecule has 1 saturated carbocycles. The highest BCUT2D eigenvalue weighted by Gasteiger charge is 2.38. The first-order valence-corrected chi connectivity index (χ1v) is 9.13.